The third-order valence-corrected chi connectivity index (χ3v) is 6.11. The second-order valence-electron chi connectivity index (χ2n) is 8.02. The lowest BCUT2D eigenvalue weighted by Gasteiger charge is -2.38. The van der Waals surface area contributed by atoms with Crippen LogP contribution in [0.5, 0.6) is 0 Å². The van der Waals surface area contributed by atoms with Gasteiger partial charge in [0, 0.05) is 48.7 Å². The molecule has 0 radical (unpaired) electrons. The number of carbonyl (C=O) groups excluding carboxylic acids is 1. The minimum Gasteiger partial charge on any atom is -0.465 e. The number of piperazine rings is 1. The number of hydrogen-bond acceptors (Lipinski definition) is 4. The molecule has 8 heteroatoms. The number of carbonyl (C=O) groups is 2. The van der Waals surface area contributed by atoms with Gasteiger partial charge in [-0.15, -0.1) is 0 Å². The van der Waals surface area contributed by atoms with Gasteiger partial charge < -0.3 is 20.2 Å². The van der Waals surface area contributed by atoms with Crippen LogP contribution in [-0.4, -0.2) is 64.6 Å². The fraction of sp³-hybridized carbons (Fsp3) is 0.292. The monoisotopic (exact) mass is 452 g/mol. The van der Waals surface area contributed by atoms with E-state index in [1.807, 2.05) is 50.4 Å². The Hall–Kier alpha value is -3.16. The molecule has 1 aliphatic heterocycles. The first-order chi connectivity index (χ1) is 15.4. The molecule has 1 aromatic heterocycles. The molecule has 1 unspecified atom stereocenters. The van der Waals surface area contributed by atoms with E-state index in [0.717, 1.165) is 23.2 Å². The number of amides is 2. The van der Waals surface area contributed by atoms with Crippen molar-refractivity contribution in [1.29, 1.82) is 0 Å². The molecule has 2 N–H and O–H groups in total. The second kappa shape index (κ2) is 9.14. The van der Waals surface area contributed by atoms with Crippen molar-refractivity contribution in [2.75, 3.05) is 26.7 Å². The number of rotatable bonds is 4. The van der Waals surface area contributed by atoms with Gasteiger partial charge >= 0.3 is 6.09 Å². The Kier molecular flexibility index (Phi) is 6.30. The summed E-state index contributed by atoms with van der Waals surface area (Å²) in [6.07, 6.45) is -0.958. The minimum absolute atomic E-state index is 0.136. The summed E-state index contributed by atoms with van der Waals surface area (Å²) in [4.78, 5) is 32.2. The SMILES string of the molecule is CNCc1ccc(-c2cc(Cl)c3ccc(C(=O)N4CCN(C(=O)O)C(C)C4)cc3n2)cc1. The summed E-state index contributed by atoms with van der Waals surface area (Å²) >= 11 is 6.53. The highest BCUT2D eigenvalue weighted by Crippen LogP contribution is 2.29. The molecule has 0 spiro atoms. The van der Waals surface area contributed by atoms with E-state index in [4.69, 9.17) is 16.6 Å². The molecular formula is C24H25ClN4O3. The quantitative estimate of drug-likeness (QED) is 0.622. The Bertz CT molecular complexity index is 1170. The van der Waals surface area contributed by atoms with Gasteiger partial charge in [0.15, 0.2) is 0 Å². The number of carboxylic acid groups (broad SMARTS) is 1. The number of pyridine rings is 1. The number of halogens is 1. The third kappa shape index (κ3) is 4.40. The fourth-order valence-corrected chi connectivity index (χ4v) is 4.34. The fourth-order valence-electron chi connectivity index (χ4n) is 4.07. The Morgan fingerprint density at radius 1 is 1.16 bits per heavy atom. The van der Waals surface area contributed by atoms with E-state index in [0.29, 0.717) is 35.7 Å². The zero-order chi connectivity index (χ0) is 22.8. The molecule has 0 bridgehead atoms. The van der Waals surface area contributed by atoms with E-state index < -0.39 is 6.09 Å². The van der Waals surface area contributed by atoms with Crippen molar-refractivity contribution in [2.45, 2.75) is 19.5 Å². The van der Waals surface area contributed by atoms with E-state index in [1.165, 1.54) is 10.5 Å². The van der Waals surface area contributed by atoms with Crippen molar-refractivity contribution in [1.82, 2.24) is 20.1 Å². The van der Waals surface area contributed by atoms with Gasteiger partial charge in [0.1, 0.15) is 0 Å². The summed E-state index contributed by atoms with van der Waals surface area (Å²) in [6, 6.07) is 15.0. The Morgan fingerprint density at radius 2 is 1.91 bits per heavy atom. The summed E-state index contributed by atoms with van der Waals surface area (Å²) in [5.74, 6) is -0.136. The van der Waals surface area contributed by atoms with Gasteiger partial charge in [-0.05, 0) is 37.7 Å². The smallest absolute Gasteiger partial charge is 0.407 e. The van der Waals surface area contributed by atoms with Crippen LogP contribution in [0.25, 0.3) is 22.2 Å². The van der Waals surface area contributed by atoms with Crippen LogP contribution in [0, 0.1) is 0 Å². The van der Waals surface area contributed by atoms with E-state index in [2.05, 4.69) is 5.32 Å². The zero-order valence-corrected chi connectivity index (χ0v) is 18.8. The van der Waals surface area contributed by atoms with Gasteiger partial charge in [-0.1, -0.05) is 41.9 Å². The summed E-state index contributed by atoms with van der Waals surface area (Å²) in [5.41, 5.74) is 4.03. The van der Waals surface area contributed by atoms with Crippen molar-refractivity contribution in [3.05, 3.63) is 64.7 Å². The van der Waals surface area contributed by atoms with Crippen molar-refractivity contribution in [3.8, 4) is 11.3 Å². The van der Waals surface area contributed by atoms with Crippen molar-refractivity contribution in [2.24, 2.45) is 0 Å². The second-order valence-corrected chi connectivity index (χ2v) is 8.43. The molecule has 32 heavy (non-hydrogen) atoms. The molecule has 4 rings (SSSR count). The average molecular weight is 453 g/mol. The van der Waals surface area contributed by atoms with Crippen LogP contribution < -0.4 is 5.32 Å². The Morgan fingerprint density at radius 3 is 2.56 bits per heavy atom. The molecule has 1 fully saturated rings. The van der Waals surface area contributed by atoms with Crippen LogP contribution in [0.1, 0.15) is 22.8 Å². The molecular weight excluding hydrogens is 428 g/mol. The lowest BCUT2D eigenvalue weighted by molar-refractivity contribution is 0.0507. The maximum atomic E-state index is 13.1. The van der Waals surface area contributed by atoms with Crippen LogP contribution in [0.3, 0.4) is 0 Å². The van der Waals surface area contributed by atoms with Crippen molar-refractivity contribution < 1.29 is 14.7 Å². The highest BCUT2D eigenvalue weighted by molar-refractivity contribution is 6.35. The molecule has 1 saturated heterocycles. The first kappa shape index (κ1) is 22.0. The number of nitrogens with zero attached hydrogens (tertiary/aromatic N) is 3. The van der Waals surface area contributed by atoms with E-state index in [-0.39, 0.29) is 11.9 Å². The third-order valence-electron chi connectivity index (χ3n) is 5.80. The molecule has 166 valence electrons. The highest BCUT2D eigenvalue weighted by Gasteiger charge is 2.30. The molecule has 1 atom stereocenters. The lowest BCUT2D eigenvalue weighted by atomic mass is 10.1. The number of fused-ring (bicyclic) bond motifs is 1. The van der Waals surface area contributed by atoms with Gasteiger partial charge in [-0.3, -0.25) is 4.79 Å². The zero-order valence-electron chi connectivity index (χ0n) is 18.0. The van der Waals surface area contributed by atoms with Gasteiger partial charge in [0.25, 0.3) is 5.91 Å². The van der Waals surface area contributed by atoms with Gasteiger partial charge in [-0.25, -0.2) is 9.78 Å². The van der Waals surface area contributed by atoms with Crippen LogP contribution in [-0.2, 0) is 6.54 Å². The largest absolute Gasteiger partial charge is 0.465 e. The number of benzene rings is 2. The standard InChI is InChI=1S/C24H25ClN4O3/c1-15-14-28(9-10-29(15)24(31)32)23(30)18-7-8-19-20(25)12-21(27-22(19)11-18)17-5-3-16(4-6-17)13-26-2/h3-8,11-12,15,26H,9-10,13-14H2,1-2H3,(H,31,32). The van der Waals surface area contributed by atoms with Gasteiger partial charge in [0.2, 0.25) is 0 Å². The summed E-state index contributed by atoms with van der Waals surface area (Å²) < 4.78 is 0. The first-order valence-electron chi connectivity index (χ1n) is 10.5. The average Bonchev–Trinajstić information content (AvgIpc) is 2.78. The summed E-state index contributed by atoms with van der Waals surface area (Å²) in [5, 5.41) is 13.7. The van der Waals surface area contributed by atoms with E-state index >= 15 is 0 Å². The minimum atomic E-state index is -0.958. The Labute approximate surface area is 191 Å². The van der Waals surface area contributed by atoms with Crippen molar-refractivity contribution >= 4 is 34.5 Å². The van der Waals surface area contributed by atoms with Crippen LogP contribution in [0.15, 0.2) is 48.5 Å². The van der Waals surface area contributed by atoms with Gasteiger partial charge in [0.05, 0.1) is 16.2 Å². The van der Waals surface area contributed by atoms with Crippen LogP contribution >= 0.6 is 11.6 Å². The molecule has 0 aliphatic carbocycles. The number of aromatic nitrogens is 1. The number of nitrogens with one attached hydrogen (secondary N) is 1. The van der Waals surface area contributed by atoms with E-state index in [1.54, 1.807) is 17.0 Å². The summed E-state index contributed by atoms with van der Waals surface area (Å²) in [7, 11) is 1.91. The molecule has 0 saturated carbocycles. The Balaban J connectivity index is 1.62. The lowest BCUT2D eigenvalue weighted by Crippen LogP contribution is -2.55. The van der Waals surface area contributed by atoms with Crippen LogP contribution in [0.2, 0.25) is 5.02 Å². The highest BCUT2D eigenvalue weighted by atomic mass is 35.5. The molecule has 2 heterocycles. The molecule has 7 nitrogen and oxygen atoms in total. The predicted molar refractivity (Wildman–Crippen MR) is 125 cm³/mol. The molecule has 2 aromatic carbocycles. The molecule has 3 aromatic rings. The molecule has 2 amide bonds. The first-order valence-corrected chi connectivity index (χ1v) is 10.9. The normalized spacial score (nSPS) is 16.4. The van der Waals surface area contributed by atoms with Crippen molar-refractivity contribution in [3.63, 3.8) is 0 Å². The van der Waals surface area contributed by atoms with Gasteiger partial charge in [-0.2, -0.15) is 0 Å². The van der Waals surface area contributed by atoms with E-state index in [9.17, 15) is 14.7 Å². The number of hydrogen-bond donors (Lipinski definition) is 2. The molecule has 1 aliphatic rings. The summed E-state index contributed by atoms with van der Waals surface area (Å²) in [6.45, 7) is 3.62. The van der Waals surface area contributed by atoms with Crippen LogP contribution in [0.4, 0.5) is 4.79 Å². The maximum absolute atomic E-state index is 13.1. The predicted octanol–water partition coefficient (Wildman–Crippen LogP) is 4.10. The topological polar surface area (TPSA) is 85.8 Å². The maximum Gasteiger partial charge on any atom is 0.407 e.